The fourth-order valence-corrected chi connectivity index (χ4v) is 5.41. The van der Waals surface area contributed by atoms with Crippen LogP contribution in [-0.2, 0) is 9.84 Å². The quantitative estimate of drug-likeness (QED) is 0.151. The van der Waals surface area contributed by atoms with Crippen LogP contribution in [0.1, 0.15) is 108 Å². The Labute approximate surface area is 219 Å². The van der Waals surface area contributed by atoms with Gasteiger partial charge in [-0.3, -0.25) is 0 Å². The summed E-state index contributed by atoms with van der Waals surface area (Å²) in [5, 5.41) is 9.72. The number of aliphatic hydroxyl groups excluding tert-OH is 1. The van der Waals surface area contributed by atoms with Crippen LogP contribution < -0.4 is 4.74 Å². The minimum Gasteiger partial charge on any atom is -0.494 e. The molecule has 0 fully saturated rings. The summed E-state index contributed by atoms with van der Waals surface area (Å²) in [5.41, 5.74) is 0.581. The summed E-state index contributed by atoms with van der Waals surface area (Å²) in [6.45, 7) is 4.68. The second-order valence-corrected chi connectivity index (χ2v) is 11.7. The van der Waals surface area contributed by atoms with Gasteiger partial charge in [0.05, 0.1) is 11.5 Å². The monoisotopic (exact) mass is 514 g/mol. The van der Waals surface area contributed by atoms with Gasteiger partial charge in [0.2, 0.25) is 9.84 Å². The highest BCUT2D eigenvalue weighted by Gasteiger charge is 2.23. The molecule has 0 radical (unpaired) electrons. The zero-order chi connectivity index (χ0) is 26.1. The fraction of sp³-hybridized carbons (Fsp3) is 0.548. The topological polar surface area (TPSA) is 63.6 Å². The zero-order valence-electron chi connectivity index (χ0n) is 22.3. The second kappa shape index (κ2) is 17.4. The van der Waals surface area contributed by atoms with Gasteiger partial charge in [-0.2, -0.15) is 0 Å². The van der Waals surface area contributed by atoms with Crippen molar-refractivity contribution in [1.29, 1.82) is 0 Å². The van der Waals surface area contributed by atoms with Crippen LogP contribution in [0.3, 0.4) is 0 Å². The molecule has 0 saturated heterocycles. The largest absolute Gasteiger partial charge is 0.494 e. The van der Waals surface area contributed by atoms with Crippen LogP contribution in [0.15, 0.2) is 53.4 Å². The third-order valence-corrected chi connectivity index (χ3v) is 8.51. The highest BCUT2D eigenvalue weighted by molar-refractivity contribution is 7.91. The maximum atomic E-state index is 12.2. The Morgan fingerprint density at radius 1 is 0.694 bits per heavy atom. The first-order chi connectivity index (χ1) is 17.5. The molecule has 2 rings (SSSR count). The summed E-state index contributed by atoms with van der Waals surface area (Å²) in [6, 6.07) is 14.6. The van der Waals surface area contributed by atoms with Crippen LogP contribution >= 0.6 is 0 Å². The van der Waals surface area contributed by atoms with Crippen molar-refractivity contribution in [2.45, 2.75) is 108 Å². The smallest absolute Gasteiger partial charge is 0.204 e. The van der Waals surface area contributed by atoms with Gasteiger partial charge >= 0.3 is 0 Å². The van der Waals surface area contributed by atoms with Gasteiger partial charge in [0.1, 0.15) is 5.75 Å². The minimum atomic E-state index is -3.68. The van der Waals surface area contributed by atoms with Crippen molar-refractivity contribution < 1.29 is 18.3 Å². The molecule has 1 atom stereocenters. The molecule has 0 spiro atoms. The molecule has 0 heterocycles. The number of hydrogen-bond acceptors (Lipinski definition) is 4. The number of benzene rings is 2. The molecule has 5 heteroatoms. The molecular weight excluding hydrogens is 468 g/mol. The summed E-state index contributed by atoms with van der Waals surface area (Å²) in [4.78, 5) is 0.142. The standard InChI is InChI=1S/C31H46O4S/c1-3-5-6-7-8-9-10-11-12-13-14-15-26-35-29-22-18-27(19-23-29)16-17-28-20-24-30(25-21-28)36(33,34)31(32)4-2/h16-25,31-32H,3-15,26H2,1-2H3. The van der Waals surface area contributed by atoms with Gasteiger partial charge in [-0.1, -0.05) is 121 Å². The van der Waals surface area contributed by atoms with E-state index in [0.717, 1.165) is 29.9 Å². The van der Waals surface area contributed by atoms with E-state index in [1.54, 1.807) is 31.2 Å². The molecule has 2 aromatic carbocycles. The van der Waals surface area contributed by atoms with E-state index in [1.165, 1.54) is 70.6 Å². The highest BCUT2D eigenvalue weighted by Crippen LogP contribution is 2.19. The van der Waals surface area contributed by atoms with E-state index in [-0.39, 0.29) is 11.3 Å². The summed E-state index contributed by atoms with van der Waals surface area (Å²) in [6.07, 6.45) is 20.2. The second-order valence-electron chi connectivity index (χ2n) is 9.62. The normalized spacial score (nSPS) is 12.8. The molecule has 200 valence electrons. The maximum Gasteiger partial charge on any atom is 0.204 e. The van der Waals surface area contributed by atoms with E-state index in [1.807, 2.05) is 36.4 Å². The summed E-state index contributed by atoms with van der Waals surface area (Å²) >= 11 is 0. The predicted molar refractivity (Wildman–Crippen MR) is 152 cm³/mol. The van der Waals surface area contributed by atoms with E-state index >= 15 is 0 Å². The number of hydrogen-bond donors (Lipinski definition) is 1. The Hall–Kier alpha value is -2.11. The average Bonchev–Trinajstić information content (AvgIpc) is 2.90. The van der Waals surface area contributed by atoms with Crippen molar-refractivity contribution in [1.82, 2.24) is 0 Å². The Kier molecular flexibility index (Phi) is 14.5. The lowest BCUT2D eigenvalue weighted by atomic mass is 10.1. The summed E-state index contributed by atoms with van der Waals surface area (Å²) in [7, 11) is -3.68. The lowest BCUT2D eigenvalue weighted by molar-refractivity contribution is 0.244. The minimum absolute atomic E-state index is 0.142. The third kappa shape index (κ3) is 11.3. The number of rotatable bonds is 19. The molecule has 0 aliphatic heterocycles. The lowest BCUT2D eigenvalue weighted by Gasteiger charge is -2.09. The molecule has 0 aromatic heterocycles. The molecular formula is C31H46O4S. The van der Waals surface area contributed by atoms with Gasteiger partial charge < -0.3 is 9.84 Å². The number of sulfone groups is 1. The Morgan fingerprint density at radius 2 is 1.14 bits per heavy atom. The molecule has 0 bridgehead atoms. The molecule has 2 aromatic rings. The molecule has 0 amide bonds. The Balaban J connectivity index is 1.61. The summed E-state index contributed by atoms with van der Waals surface area (Å²) in [5.74, 6) is 0.888. The lowest BCUT2D eigenvalue weighted by Crippen LogP contribution is -2.19. The van der Waals surface area contributed by atoms with Crippen molar-refractivity contribution in [3.63, 3.8) is 0 Å². The van der Waals surface area contributed by atoms with Crippen LogP contribution in [0.4, 0.5) is 0 Å². The van der Waals surface area contributed by atoms with Crippen molar-refractivity contribution in [2.24, 2.45) is 0 Å². The van der Waals surface area contributed by atoms with Crippen molar-refractivity contribution in [2.75, 3.05) is 6.61 Å². The van der Waals surface area contributed by atoms with Crippen LogP contribution in [0.2, 0.25) is 0 Å². The molecule has 0 aliphatic rings. The first kappa shape index (κ1) is 30.1. The molecule has 0 saturated carbocycles. The van der Waals surface area contributed by atoms with Crippen LogP contribution in [-0.4, -0.2) is 25.6 Å². The van der Waals surface area contributed by atoms with Gasteiger partial charge in [0.15, 0.2) is 5.44 Å². The SMILES string of the molecule is CCCCCCCCCCCCCCOc1ccc(C=Cc2ccc(S(=O)(=O)C(O)CC)cc2)cc1. The first-order valence-electron chi connectivity index (χ1n) is 13.9. The van der Waals surface area contributed by atoms with Gasteiger partial charge in [0.25, 0.3) is 0 Å². The van der Waals surface area contributed by atoms with E-state index < -0.39 is 15.3 Å². The summed E-state index contributed by atoms with van der Waals surface area (Å²) < 4.78 is 30.3. The zero-order valence-corrected chi connectivity index (χ0v) is 23.1. The van der Waals surface area contributed by atoms with Gasteiger partial charge in [-0.25, -0.2) is 8.42 Å². The Bertz CT molecular complexity index is 963. The van der Waals surface area contributed by atoms with Crippen LogP contribution in [0.5, 0.6) is 5.75 Å². The maximum absolute atomic E-state index is 12.2. The predicted octanol–water partition coefficient (Wildman–Crippen LogP) is 8.44. The van der Waals surface area contributed by atoms with Gasteiger partial charge in [-0.05, 0) is 48.2 Å². The van der Waals surface area contributed by atoms with E-state index in [2.05, 4.69) is 6.92 Å². The van der Waals surface area contributed by atoms with E-state index in [9.17, 15) is 13.5 Å². The first-order valence-corrected chi connectivity index (χ1v) is 15.4. The molecule has 4 nitrogen and oxygen atoms in total. The van der Waals surface area contributed by atoms with Crippen molar-refractivity contribution >= 4 is 22.0 Å². The number of aliphatic hydroxyl groups is 1. The van der Waals surface area contributed by atoms with Gasteiger partial charge in [0, 0.05) is 0 Å². The van der Waals surface area contributed by atoms with Gasteiger partial charge in [-0.15, -0.1) is 0 Å². The van der Waals surface area contributed by atoms with E-state index in [4.69, 9.17) is 4.74 Å². The van der Waals surface area contributed by atoms with Crippen LogP contribution in [0.25, 0.3) is 12.2 Å². The molecule has 0 aliphatic carbocycles. The van der Waals surface area contributed by atoms with E-state index in [0.29, 0.717) is 0 Å². The van der Waals surface area contributed by atoms with Crippen LogP contribution in [0, 0.1) is 0 Å². The molecule has 36 heavy (non-hydrogen) atoms. The fourth-order valence-electron chi connectivity index (χ4n) is 4.15. The highest BCUT2D eigenvalue weighted by atomic mass is 32.2. The Morgan fingerprint density at radius 3 is 1.61 bits per heavy atom. The molecule has 1 unspecified atom stereocenters. The number of unbranched alkanes of at least 4 members (excludes halogenated alkanes) is 11. The van der Waals surface area contributed by atoms with Crippen molar-refractivity contribution in [3.8, 4) is 5.75 Å². The molecule has 1 N–H and O–H groups in total. The number of ether oxygens (including phenoxy) is 1. The van der Waals surface area contributed by atoms with Crippen molar-refractivity contribution in [3.05, 3.63) is 59.7 Å². The average molecular weight is 515 g/mol. The third-order valence-electron chi connectivity index (χ3n) is 6.53.